The molecule has 1 aromatic heterocycles. The molecule has 1 aromatic carbocycles. The van der Waals surface area contributed by atoms with Crippen molar-refractivity contribution in [3.63, 3.8) is 0 Å². The van der Waals surface area contributed by atoms with Gasteiger partial charge in [-0.25, -0.2) is 0 Å². The van der Waals surface area contributed by atoms with Crippen LogP contribution in [0.15, 0.2) is 36.5 Å². The first-order chi connectivity index (χ1) is 14.8. The molecule has 9 heteroatoms. The smallest absolute Gasteiger partial charge is 0.273 e. The second-order valence-corrected chi connectivity index (χ2v) is 7.84. The molecule has 2 amide bonds. The molecule has 0 aliphatic heterocycles. The molecule has 0 radical (unpaired) electrons. The minimum absolute atomic E-state index is 0.106. The minimum Gasteiger partial charge on any atom is -0.383 e. The van der Waals surface area contributed by atoms with Gasteiger partial charge in [0.25, 0.3) is 11.6 Å². The van der Waals surface area contributed by atoms with Crippen molar-refractivity contribution in [3.05, 3.63) is 63.5 Å². The highest BCUT2D eigenvalue weighted by atomic mass is 16.6. The van der Waals surface area contributed by atoms with Gasteiger partial charge in [-0.15, -0.1) is 0 Å². The molecule has 0 bridgehead atoms. The second-order valence-electron chi connectivity index (χ2n) is 7.84. The Morgan fingerprint density at radius 2 is 2.03 bits per heavy atom. The standard InChI is InChI=1S/C22H28N4O5/c1-16-6-7-17(13-20(16)26(29)30)22(28)24(11-12-31-3)15-21(27)25(18-8-9-18)14-19-5-4-10-23(19)2/h4-7,10,13,18H,8-9,11-12,14-15H2,1-3H3. The maximum atomic E-state index is 13.2. The number of ether oxygens (including phenoxy) is 1. The first-order valence-electron chi connectivity index (χ1n) is 10.2. The number of methoxy groups -OCH3 is 1. The Hall–Kier alpha value is -3.20. The molecule has 1 aliphatic rings. The summed E-state index contributed by atoms with van der Waals surface area (Å²) in [6.07, 6.45) is 3.84. The van der Waals surface area contributed by atoms with Crippen LogP contribution in [-0.4, -0.2) is 64.0 Å². The van der Waals surface area contributed by atoms with Crippen LogP contribution in [0.4, 0.5) is 5.69 Å². The highest BCUT2D eigenvalue weighted by Gasteiger charge is 2.34. The normalized spacial score (nSPS) is 13.1. The number of carbonyl (C=O) groups excluding carboxylic acids is 2. The third kappa shape index (κ3) is 5.49. The first kappa shape index (κ1) is 22.5. The molecular weight excluding hydrogens is 400 g/mol. The zero-order valence-electron chi connectivity index (χ0n) is 18.1. The van der Waals surface area contributed by atoms with Gasteiger partial charge in [0.2, 0.25) is 5.91 Å². The molecule has 0 atom stereocenters. The highest BCUT2D eigenvalue weighted by Crippen LogP contribution is 2.29. The van der Waals surface area contributed by atoms with E-state index in [0.717, 1.165) is 18.5 Å². The van der Waals surface area contributed by atoms with Crippen LogP contribution in [0.3, 0.4) is 0 Å². The van der Waals surface area contributed by atoms with Crippen molar-refractivity contribution >= 4 is 17.5 Å². The lowest BCUT2D eigenvalue weighted by molar-refractivity contribution is -0.385. The Labute approximate surface area is 181 Å². The van der Waals surface area contributed by atoms with Gasteiger partial charge in [0, 0.05) is 55.8 Å². The Morgan fingerprint density at radius 3 is 2.61 bits per heavy atom. The molecule has 1 heterocycles. The number of aromatic nitrogens is 1. The predicted octanol–water partition coefficient (Wildman–Crippen LogP) is 2.52. The molecule has 2 aromatic rings. The maximum Gasteiger partial charge on any atom is 0.273 e. The second kappa shape index (κ2) is 9.74. The molecule has 0 saturated heterocycles. The lowest BCUT2D eigenvalue weighted by Crippen LogP contribution is -2.44. The molecule has 0 spiro atoms. The summed E-state index contributed by atoms with van der Waals surface area (Å²) in [5, 5.41) is 11.3. The topological polar surface area (TPSA) is 97.9 Å². The monoisotopic (exact) mass is 428 g/mol. The molecular formula is C22H28N4O5. The number of rotatable bonds is 10. The molecule has 1 aliphatic carbocycles. The van der Waals surface area contributed by atoms with Gasteiger partial charge < -0.3 is 19.1 Å². The zero-order chi connectivity index (χ0) is 22.5. The fourth-order valence-electron chi connectivity index (χ4n) is 3.47. The Kier molecular flexibility index (Phi) is 7.06. The van der Waals surface area contributed by atoms with Crippen LogP contribution in [0.5, 0.6) is 0 Å². The van der Waals surface area contributed by atoms with E-state index < -0.39 is 10.8 Å². The van der Waals surface area contributed by atoms with Crippen LogP contribution in [0.2, 0.25) is 0 Å². The number of hydrogen-bond acceptors (Lipinski definition) is 5. The summed E-state index contributed by atoms with van der Waals surface area (Å²) in [7, 11) is 3.46. The molecule has 31 heavy (non-hydrogen) atoms. The summed E-state index contributed by atoms with van der Waals surface area (Å²) in [4.78, 5) is 40.3. The van der Waals surface area contributed by atoms with Gasteiger partial charge in [-0.2, -0.15) is 0 Å². The van der Waals surface area contributed by atoms with Crippen molar-refractivity contribution in [1.29, 1.82) is 0 Å². The predicted molar refractivity (Wildman–Crippen MR) is 115 cm³/mol. The van der Waals surface area contributed by atoms with Crippen molar-refractivity contribution in [1.82, 2.24) is 14.4 Å². The van der Waals surface area contributed by atoms with Crippen LogP contribution in [0.25, 0.3) is 0 Å². The van der Waals surface area contributed by atoms with Crippen molar-refractivity contribution < 1.29 is 19.2 Å². The van der Waals surface area contributed by atoms with Crippen LogP contribution < -0.4 is 0 Å². The summed E-state index contributed by atoms with van der Waals surface area (Å²) in [5.41, 5.74) is 1.56. The third-order valence-electron chi connectivity index (χ3n) is 5.52. The van der Waals surface area contributed by atoms with Crippen LogP contribution in [-0.2, 0) is 23.1 Å². The first-order valence-corrected chi connectivity index (χ1v) is 10.2. The van der Waals surface area contributed by atoms with E-state index in [-0.39, 0.29) is 42.9 Å². The quantitative estimate of drug-likeness (QED) is 0.428. The van der Waals surface area contributed by atoms with Gasteiger partial charge in [0.1, 0.15) is 6.54 Å². The van der Waals surface area contributed by atoms with Crippen molar-refractivity contribution in [2.45, 2.75) is 32.4 Å². The van der Waals surface area contributed by atoms with Crippen LogP contribution >= 0.6 is 0 Å². The van der Waals surface area contributed by atoms with Crippen LogP contribution in [0.1, 0.15) is 34.5 Å². The average molecular weight is 428 g/mol. The van der Waals surface area contributed by atoms with Gasteiger partial charge in [-0.05, 0) is 38.0 Å². The Morgan fingerprint density at radius 1 is 1.29 bits per heavy atom. The summed E-state index contributed by atoms with van der Waals surface area (Å²) in [6, 6.07) is 8.46. The van der Waals surface area contributed by atoms with E-state index in [1.54, 1.807) is 19.1 Å². The number of amides is 2. The van der Waals surface area contributed by atoms with E-state index in [2.05, 4.69) is 0 Å². The SMILES string of the molecule is COCCN(CC(=O)N(Cc1cccn1C)C1CC1)C(=O)c1ccc(C)c([N+](=O)[O-])c1. The zero-order valence-corrected chi connectivity index (χ0v) is 18.1. The van der Waals surface area contributed by atoms with Gasteiger partial charge in [-0.1, -0.05) is 6.07 Å². The van der Waals surface area contributed by atoms with E-state index in [1.165, 1.54) is 18.1 Å². The Balaban J connectivity index is 1.79. The average Bonchev–Trinajstić information content (AvgIpc) is 3.50. The number of hydrogen-bond donors (Lipinski definition) is 0. The third-order valence-corrected chi connectivity index (χ3v) is 5.52. The lowest BCUT2D eigenvalue weighted by Gasteiger charge is -2.28. The number of nitro groups is 1. The van der Waals surface area contributed by atoms with Crippen LogP contribution in [0, 0.1) is 17.0 Å². The summed E-state index contributed by atoms with van der Waals surface area (Å²) >= 11 is 0. The van der Waals surface area contributed by atoms with Crippen molar-refractivity contribution in [3.8, 4) is 0 Å². The molecule has 166 valence electrons. The highest BCUT2D eigenvalue weighted by molar-refractivity contribution is 5.97. The molecule has 1 fully saturated rings. The van der Waals surface area contributed by atoms with E-state index in [9.17, 15) is 19.7 Å². The minimum atomic E-state index is -0.508. The van der Waals surface area contributed by atoms with Gasteiger partial charge >= 0.3 is 0 Å². The number of carbonyl (C=O) groups is 2. The van der Waals surface area contributed by atoms with E-state index >= 15 is 0 Å². The number of nitrogens with zero attached hydrogens (tertiary/aromatic N) is 4. The molecule has 0 N–H and O–H groups in total. The van der Waals surface area contributed by atoms with E-state index in [4.69, 9.17) is 4.74 Å². The van der Waals surface area contributed by atoms with Gasteiger partial charge in [0.05, 0.1) is 18.1 Å². The summed E-state index contributed by atoms with van der Waals surface area (Å²) in [5.74, 6) is -0.571. The fourth-order valence-corrected chi connectivity index (χ4v) is 3.47. The molecule has 9 nitrogen and oxygen atoms in total. The number of nitro benzene ring substituents is 1. The molecule has 1 saturated carbocycles. The number of benzene rings is 1. The molecule has 3 rings (SSSR count). The maximum absolute atomic E-state index is 13.2. The molecule has 0 unspecified atom stereocenters. The summed E-state index contributed by atoms with van der Waals surface area (Å²) < 4.78 is 7.09. The Bertz CT molecular complexity index is 967. The summed E-state index contributed by atoms with van der Waals surface area (Å²) in [6.45, 7) is 2.47. The lowest BCUT2D eigenvalue weighted by atomic mass is 10.1. The van der Waals surface area contributed by atoms with E-state index in [0.29, 0.717) is 12.1 Å². The van der Waals surface area contributed by atoms with Crippen molar-refractivity contribution in [2.24, 2.45) is 7.05 Å². The fraction of sp³-hybridized carbons (Fsp3) is 0.455. The van der Waals surface area contributed by atoms with E-state index in [1.807, 2.05) is 34.8 Å². The largest absolute Gasteiger partial charge is 0.383 e. The number of aryl methyl sites for hydroxylation is 2. The van der Waals surface area contributed by atoms with Crippen molar-refractivity contribution in [2.75, 3.05) is 26.8 Å². The van der Waals surface area contributed by atoms with Gasteiger partial charge in [0.15, 0.2) is 0 Å². The van der Waals surface area contributed by atoms with Gasteiger partial charge in [-0.3, -0.25) is 19.7 Å².